The number of nitrogens with two attached hydrogens (primary N) is 1. The molecule has 2 heterocycles. The highest BCUT2D eigenvalue weighted by atomic mass is 16.2. The average molecular weight is 319 g/mol. The molecule has 0 radical (unpaired) electrons. The van der Waals surface area contributed by atoms with Crippen LogP contribution in [-0.2, 0) is 9.59 Å². The molecule has 1 saturated heterocycles. The summed E-state index contributed by atoms with van der Waals surface area (Å²) in [5.41, 5.74) is 5.25. The van der Waals surface area contributed by atoms with Gasteiger partial charge in [0.05, 0.1) is 24.7 Å². The van der Waals surface area contributed by atoms with E-state index in [2.05, 4.69) is 10.4 Å². The van der Waals surface area contributed by atoms with Crippen LogP contribution in [0.25, 0.3) is 0 Å². The quantitative estimate of drug-likeness (QED) is 0.851. The van der Waals surface area contributed by atoms with Crippen LogP contribution in [0.5, 0.6) is 0 Å². The Labute approximate surface area is 136 Å². The standard InChI is InChI=1S/C16H25N5O2/c17-14(22)11-20-9-3-4-12(10-20)16(23)19-15-7-8-18-21(15)13-5-1-2-6-13/h7-8,12-13H,1-6,9-11H2,(H2,17,22)(H,19,23). The van der Waals surface area contributed by atoms with Crippen molar-refractivity contribution >= 4 is 17.6 Å². The highest BCUT2D eigenvalue weighted by Gasteiger charge is 2.28. The third-order valence-corrected chi connectivity index (χ3v) is 4.85. The van der Waals surface area contributed by atoms with E-state index in [0.717, 1.165) is 38.0 Å². The molecule has 126 valence electrons. The number of hydrogen-bond acceptors (Lipinski definition) is 4. The second-order valence-corrected chi connectivity index (χ2v) is 6.63. The molecule has 0 bridgehead atoms. The van der Waals surface area contributed by atoms with Crippen LogP contribution < -0.4 is 11.1 Å². The highest BCUT2D eigenvalue weighted by molar-refractivity contribution is 5.92. The van der Waals surface area contributed by atoms with Gasteiger partial charge in [0.15, 0.2) is 0 Å². The van der Waals surface area contributed by atoms with Crippen LogP contribution in [0.4, 0.5) is 5.82 Å². The summed E-state index contributed by atoms with van der Waals surface area (Å²) in [4.78, 5) is 25.6. The molecule has 1 aliphatic heterocycles. The van der Waals surface area contributed by atoms with Gasteiger partial charge in [-0.05, 0) is 32.2 Å². The number of nitrogens with one attached hydrogen (secondary N) is 1. The second-order valence-electron chi connectivity index (χ2n) is 6.63. The molecule has 7 heteroatoms. The van der Waals surface area contributed by atoms with Gasteiger partial charge in [0.1, 0.15) is 5.82 Å². The van der Waals surface area contributed by atoms with Gasteiger partial charge >= 0.3 is 0 Å². The highest BCUT2D eigenvalue weighted by Crippen LogP contribution is 2.31. The van der Waals surface area contributed by atoms with E-state index in [4.69, 9.17) is 5.73 Å². The first-order chi connectivity index (χ1) is 11.1. The third-order valence-electron chi connectivity index (χ3n) is 4.85. The fourth-order valence-electron chi connectivity index (χ4n) is 3.71. The molecule has 2 amide bonds. The molecular formula is C16H25N5O2. The lowest BCUT2D eigenvalue weighted by molar-refractivity contribution is -0.124. The summed E-state index contributed by atoms with van der Waals surface area (Å²) in [7, 11) is 0. The number of anilines is 1. The Morgan fingerprint density at radius 2 is 2.04 bits per heavy atom. The maximum Gasteiger partial charge on any atom is 0.231 e. The zero-order valence-corrected chi connectivity index (χ0v) is 13.4. The minimum Gasteiger partial charge on any atom is -0.369 e. The number of rotatable bonds is 5. The van der Waals surface area contributed by atoms with Crippen molar-refractivity contribution in [3.05, 3.63) is 12.3 Å². The normalized spacial score (nSPS) is 23.0. The van der Waals surface area contributed by atoms with Gasteiger partial charge in [-0.3, -0.25) is 14.5 Å². The lowest BCUT2D eigenvalue weighted by Gasteiger charge is -2.31. The molecular weight excluding hydrogens is 294 g/mol. The molecule has 0 spiro atoms. The number of hydrogen-bond donors (Lipinski definition) is 2. The van der Waals surface area contributed by atoms with Gasteiger partial charge in [-0.2, -0.15) is 5.10 Å². The Morgan fingerprint density at radius 1 is 1.26 bits per heavy atom. The first kappa shape index (κ1) is 16.0. The van der Waals surface area contributed by atoms with Crippen LogP contribution in [0.1, 0.15) is 44.6 Å². The van der Waals surface area contributed by atoms with Gasteiger partial charge in [-0.25, -0.2) is 4.68 Å². The topological polar surface area (TPSA) is 93.2 Å². The maximum atomic E-state index is 12.6. The first-order valence-corrected chi connectivity index (χ1v) is 8.48. The van der Waals surface area contributed by atoms with Crippen LogP contribution in [0.15, 0.2) is 12.3 Å². The van der Waals surface area contributed by atoms with Gasteiger partial charge < -0.3 is 11.1 Å². The van der Waals surface area contributed by atoms with E-state index in [0.29, 0.717) is 12.6 Å². The van der Waals surface area contributed by atoms with Crippen LogP contribution in [-0.4, -0.2) is 46.1 Å². The SMILES string of the molecule is NC(=O)CN1CCCC(C(=O)Nc2ccnn2C2CCCC2)C1. The molecule has 1 atom stereocenters. The fourth-order valence-corrected chi connectivity index (χ4v) is 3.71. The van der Waals surface area contributed by atoms with Gasteiger partial charge in [-0.1, -0.05) is 12.8 Å². The van der Waals surface area contributed by atoms with Crippen molar-refractivity contribution in [2.45, 2.75) is 44.6 Å². The van der Waals surface area contributed by atoms with Gasteiger partial charge in [0, 0.05) is 12.6 Å². The molecule has 1 aromatic heterocycles. The molecule has 2 aliphatic rings. The van der Waals surface area contributed by atoms with Crippen molar-refractivity contribution in [3.8, 4) is 0 Å². The summed E-state index contributed by atoms with van der Waals surface area (Å²) in [6.45, 7) is 1.64. The monoisotopic (exact) mass is 319 g/mol. The molecule has 23 heavy (non-hydrogen) atoms. The number of piperidine rings is 1. The van der Waals surface area contributed by atoms with Crippen molar-refractivity contribution in [3.63, 3.8) is 0 Å². The Balaban J connectivity index is 1.60. The van der Waals surface area contributed by atoms with E-state index in [1.54, 1.807) is 6.20 Å². The molecule has 7 nitrogen and oxygen atoms in total. The Kier molecular flexibility index (Phi) is 4.95. The number of nitrogens with zero attached hydrogens (tertiary/aromatic N) is 3. The summed E-state index contributed by atoms with van der Waals surface area (Å²) in [5, 5.41) is 7.41. The number of amides is 2. The molecule has 3 rings (SSSR count). The van der Waals surface area contributed by atoms with Gasteiger partial charge in [0.25, 0.3) is 0 Å². The Hall–Kier alpha value is -1.89. The number of carbonyl (C=O) groups is 2. The predicted molar refractivity (Wildman–Crippen MR) is 86.7 cm³/mol. The smallest absolute Gasteiger partial charge is 0.231 e. The zero-order valence-electron chi connectivity index (χ0n) is 13.4. The summed E-state index contributed by atoms with van der Waals surface area (Å²) in [5.74, 6) is 0.355. The summed E-state index contributed by atoms with van der Waals surface area (Å²) >= 11 is 0. The first-order valence-electron chi connectivity index (χ1n) is 8.48. The summed E-state index contributed by atoms with van der Waals surface area (Å²) < 4.78 is 1.95. The minimum absolute atomic E-state index is 0.0129. The molecule has 0 aromatic carbocycles. The van der Waals surface area contributed by atoms with E-state index in [-0.39, 0.29) is 24.3 Å². The maximum absolute atomic E-state index is 12.6. The van der Waals surface area contributed by atoms with E-state index in [1.807, 2.05) is 15.6 Å². The van der Waals surface area contributed by atoms with E-state index in [1.165, 1.54) is 12.8 Å². The number of primary amides is 1. The Bertz CT molecular complexity index is 565. The largest absolute Gasteiger partial charge is 0.369 e. The molecule has 1 aromatic rings. The van der Waals surface area contributed by atoms with E-state index < -0.39 is 0 Å². The van der Waals surface area contributed by atoms with Gasteiger partial charge in [-0.15, -0.1) is 0 Å². The third kappa shape index (κ3) is 3.90. The molecule has 1 unspecified atom stereocenters. The molecule has 2 fully saturated rings. The van der Waals surface area contributed by atoms with Crippen molar-refractivity contribution in [1.29, 1.82) is 0 Å². The van der Waals surface area contributed by atoms with Crippen molar-refractivity contribution in [2.75, 3.05) is 25.0 Å². The van der Waals surface area contributed by atoms with Gasteiger partial charge in [0.2, 0.25) is 11.8 Å². The molecule has 3 N–H and O–H groups in total. The van der Waals surface area contributed by atoms with Crippen molar-refractivity contribution < 1.29 is 9.59 Å². The predicted octanol–water partition coefficient (Wildman–Crippen LogP) is 1.13. The van der Waals surface area contributed by atoms with Crippen molar-refractivity contribution in [2.24, 2.45) is 11.7 Å². The Morgan fingerprint density at radius 3 is 2.78 bits per heavy atom. The second kappa shape index (κ2) is 7.12. The number of carbonyl (C=O) groups excluding carboxylic acids is 2. The van der Waals surface area contributed by atoms with Crippen LogP contribution >= 0.6 is 0 Å². The number of likely N-dealkylation sites (tertiary alicyclic amines) is 1. The summed E-state index contributed by atoms with van der Waals surface area (Å²) in [6.07, 6.45) is 8.20. The lowest BCUT2D eigenvalue weighted by Crippen LogP contribution is -2.44. The van der Waals surface area contributed by atoms with E-state index >= 15 is 0 Å². The fraction of sp³-hybridized carbons (Fsp3) is 0.688. The van der Waals surface area contributed by atoms with Crippen LogP contribution in [0.3, 0.4) is 0 Å². The molecule has 1 aliphatic carbocycles. The number of aromatic nitrogens is 2. The van der Waals surface area contributed by atoms with Crippen LogP contribution in [0.2, 0.25) is 0 Å². The zero-order chi connectivity index (χ0) is 16.2. The van der Waals surface area contributed by atoms with Crippen LogP contribution in [0, 0.1) is 5.92 Å². The lowest BCUT2D eigenvalue weighted by atomic mass is 9.97. The summed E-state index contributed by atoms with van der Waals surface area (Å²) in [6, 6.07) is 2.26. The average Bonchev–Trinajstić information content (AvgIpc) is 3.17. The van der Waals surface area contributed by atoms with E-state index in [9.17, 15) is 9.59 Å². The van der Waals surface area contributed by atoms with Crippen molar-refractivity contribution in [1.82, 2.24) is 14.7 Å². The molecule has 1 saturated carbocycles. The minimum atomic E-state index is -0.342.